The number of ether oxygens (including phenoxy) is 1. The van der Waals surface area contributed by atoms with Gasteiger partial charge in [0.15, 0.2) is 0 Å². The Balaban J connectivity index is 2.13. The molecule has 1 rings (SSSR count). The molecule has 1 heterocycles. The van der Waals surface area contributed by atoms with E-state index in [0.717, 1.165) is 24.9 Å². The maximum absolute atomic E-state index is 5.58. The van der Waals surface area contributed by atoms with Crippen LogP contribution in [0.3, 0.4) is 0 Å². The van der Waals surface area contributed by atoms with Crippen LogP contribution in [0.1, 0.15) is 32.6 Å². The van der Waals surface area contributed by atoms with Crippen LogP contribution >= 0.6 is 11.8 Å². The Labute approximate surface area is 97.5 Å². The first kappa shape index (κ1) is 13.3. The summed E-state index contributed by atoms with van der Waals surface area (Å²) >= 11 is 2.00. The van der Waals surface area contributed by atoms with E-state index >= 15 is 0 Å². The van der Waals surface area contributed by atoms with Crippen LogP contribution in [0.15, 0.2) is 0 Å². The summed E-state index contributed by atoms with van der Waals surface area (Å²) in [4.78, 5) is 0. The first-order valence-corrected chi connectivity index (χ1v) is 7.14. The molecule has 0 amide bonds. The molecule has 1 fully saturated rings. The van der Waals surface area contributed by atoms with E-state index < -0.39 is 0 Å². The molecule has 3 nitrogen and oxygen atoms in total. The van der Waals surface area contributed by atoms with Gasteiger partial charge in [0.25, 0.3) is 0 Å². The summed E-state index contributed by atoms with van der Waals surface area (Å²) in [5.41, 5.74) is 2.95. The molecule has 90 valence electrons. The first-order chi connectivity index (χ1) is 7.36. The van der Waals surface area contributed by atoms with Gasteiger partial charge >= 0.3 is 0 Å². The minimum absolute atomic E-state index is 0.477. The standard InChI is InChI=1S/C11H24N2OS/c1-2-7-15-9-11(13-12)8-10-3-5-14-6-4-10/h10-11,13H,2-9,12H2,1H3. The smallest absolute Gasteiger partial charge is 0.0468 e. The highest BCUT2D eigenvalue weighted by molar-refractivity contribution is 7.99. The van der Waals surface area contributed by atoms with Crippen molar-refractivity contribution in [3.8, 4) is 0 Å². The Bertz CT molecular complexity index is 152. The molecule has 0 bridgehead atoms. The highest BCUT2D eigenvalue weighted by Crippen LogP contribution is 2.21. The number of nitrogens with two attached hydrogens (primary N) is 1. The second-order valence-electron chi connectivity index (χ2n) is 4.23. The number of hydrogen-bond acceptors (Lipinski definition) is 4. The van der Waals surface area contributed by atoms with Crippen LogP contribution in [-0.2, 0) is 4.74 Å². The van der Waals surface area contributed by atoms with Crippen LogP contribution < -0.4 is 11.3 Å². The zero-order valence-corrected chi connectivity index (χ0v) is 10.5. The monoisotopic (exact) mass is 232 g/mol. The van der Waals surface area contributed by atoms with Crippen molar-refractivity contribution in [2.24, 2.45) is 11.8 Å². The van der Waals surface area contributed by atoms with Crippen LogP contribution in [0, 0.1) is 5.92 Å². The van der Waals surface area contributed by atoms with E-state index in [9.17, 15) is 0 Å². The lowest BCUT2D eigenvalue weighted by atomic mass is 9.93. The quantitative estimate of drug-likeness (QED) is 0.399. The average molecular weight is 232 g/mol. The molecular weight excluding hydrogens is 208 g/mol. The van der Waals surface area contributed by atoms with Crippen molar-refractivity contribution in [1.82, 2.24) is 5.43 Å². The molecule has 1 saturated heterocycles. The molecule has 1 aliphatic heterocycles. The number of nitrogens with one attached hydrogen (secondary N) is 1. The molecule has 15 heavy (non-hydrogen) atoms. The first-order valence-electron chi connectivity index (χ1n) is 5.98. The lowest BCUT2D eigenvalue weighted by molar-refractivity contribution is 0.0613. The number of hydrazine groups is 1. The predicted octanol–water partition coefficient (Wildman–Crippen LogP) is 1.78. The molecule has 1 aliphatic rings. The fourth-order valence-corrected chi connectivity index (χ4v) is 2.91. The van der Waals surface area contributed by atoms with Crippen molar-refractivity contribution in [3.63, 3.8) is 0 Å². The molecular formula is C11H24N2OS. The summed E-state index contributed by atoms with van der Waals surface area (Å²) in [5, 5.41) is 0. The van der Waals surface area contributed by atoms with E-state index in [2.05, 4.69) is 12.3 Å². The topological polar surface area (TPSA) is 47.3 Å². The predicted molar refractivity (Wildman–Crippen MR) is 66.9 cm³/mol. The Hall–Kier alpha value is 0.230. The second-order valence-corrected chi connectivity index (χ2v) is 5.38. The minimum atomic E-state index is 0.477. The summed E-state index contributed by atoms with van der Waals surface area (Å²) in [6, 6.07) is 0.477. The molecule has 0 spiro atoms. The molecule has 4 heteroatoms. The van der Waals surface area contributed by atoms with E-state index in [0.29, 0.717) is 6.04 Å². The van der Waals surface area contributed by atoms with Gasteiger partial charge in [0.05, 0.1) is 0 Å². The van der Waals surface area contributed by atoms with Crippen LogP contribution in [0.2, 0.25) is 0 Å². The molecule has 0 aromatic heterocycles. The fraction of sp³-hybridized carbons (Fsp3) is 1.00. The van der Waals surface area contributed by atoms with Gasteiger partial charge in [-0.1, -0.05) is 6.92 Å². The number of hydrogen-bond donors (Lipinski definition) is 2. The Kier molecular flexibility index (Phi) is 7.44. The number of thioether (sulfide) groups is 1. The van der Waals surface area contributed by atoms with Gasteiger partial charge < -0.3 is 4.74 Å². The SMILES string of the molecule is CCCSCC(CC1CCOCC1)NN. The zero-order chi connectivity index (χ0) is 10.9. The van der Waals surface area contributed by atoms with Crippen molar-refractivity contribution in [2.45, 2.75) is 38.6 Å². The highest BCUT2D eigenvalue weighted by atomic mass is 32.2. The lowest BCUT2D eigenvalue weighted by Gasteiger charge is -2.26. The largest absolute Gasteiger partial charge is 0.381 e. The second kappa shape index (κ2) is 8.39. The Morgan fingerprint density at radius 3 is 2.80 bits per heavy atom. The van der Waals surface area contributed by atoms with Crippen LogP contribution in [0.4, 0.5) is 0 Å². The van der Waals surface area contributed by atoms with Gasteiger partial charge in [0, 0.05) is 25.0 Å². The van der Waals surface area contributed by atoms with E-state index in [1.54, 1.807) is 0 Å². The minimum Gasteiger partial charge on any atom is -0.381 e. The maximum atomic E-state index is 5.58. The molecule has 0 aliphatic carbocycles. The molecule has 0 aromatic carbocycles. The van der Waals surface area contributed by atoms with Crippen LogP contribution in [0.25, 0.3) is 0 Å². The third kappa shape index (κ3) is 5.76. The zero-order valence-electron chi connectivity index (χ0n) is 9.71. The van der Waals surface area contributed by atoms with Crippen molar-refractivity contribution in [2.75, 3.05) is 24.7 Å². The van der Waals surface area contributed by atoms with E-state index in [1.165, 1.54) is 31.4 Å². The van der Waals surface area contributed by atoms with Crippen LogP contribution in [0.5, 0.6) is 0 Å². The van der Waals surface area contributed by atoms with Gasteiger partial charge in [-0.2, -0.15) is 11.8 Å². The van der Waals surface area contributed by atoms with Gasteiger partial charge in [-0.3, -0.25) is 11.3 Å². The lowest BCUT2D eigenvalue weighted by Crippen LogP contribution is -2.39. The van der Waals surface area contributed by atoms with Gasteiger partial charge in [-0.05, 0) is 37.4 Å². The maximum Gasteiger partial charge on any atom is 0.0468 e. The van der Waals surface area contributed by atoms with E-state index in [1.807, 2.05) is 11.8 Å². The van der Waals surface area contributed by atoms with Crippen molar-refractivity contribution >= 4 is 11.8 Å². The summed E-state index contributed by atoms with van der Waals surface area (Å²) in [7, 11) is 0. The molecule has 0 aromatic rings. The van der Waals surface area contributed by atoms with Crippen molar-refractivity contribution in [3.05, 3.63) is 0 Å². The molecule has 3 N–H and O–H groups in total. The fourth-order valence-electron chi connectivity index (χ4n) is 1.94. The Morgan fingerprint density at radius 1 is 1.47 bits per heavy atom. The summed E-state index contributed by atoms with van der Waals surface area (Å²) in [6.45, 7) is 4.09. The van der Waals surface area contributed by atoms with Crippen LogP contribution in [-0.4, -0.2) is 30.8 Å². The van der Waals surface area contributed by atoms with E-state index in [4.69, 9.17) is 10.6 Å². The van der Waals surface area contributed by atoms with E-state index in [-0.39, 0.29) is 0 Å². The average Bonchev–Trinajstić information content (AvgIpc) is 2.29. The van der Waals surface area contributed by atoms with Crippen molar-refractivity contribution in [1.29, 1.82) is 0 Å². The van der Waals surface area contributed by atoms with Gasteiger partial charge in [0.2, 0.25) is 0 Å². The van der Waals surface area contributed by atoms with Gasteiger partial charge in [0.1, 0.15) is 0 Å². The third-order valence-electron chi connectivity index (χ3n) is 2.86. The third-order valence-corrected chi connectivity index (χ3v) is 4.20. The van der Waals surface area contributed by atoms with Crippen molar-refractivity contribution < 1.29 is 4.74 Å². The summed E-state index contributed by atoms with van der Waals surface area (Å²) < 4.78 is 5.36. The summed E-state index contributed by atoms with van der Waals surface area (Å²) in [5.74, 6) is 8.77. The highest BCUT2D eigenvalue weighted by Gasteiger charge is 2.18. The van der Waals surface area contributed by atoms with Gasteiger partial charge in [-0.25, -0.2) is 0 Å². The molecule has 0 saturated carbocycles. The van der Waals surface area contributed by atoms with Gasteiger partial charge in [-0.15, -0.1) is 0 Å². The molecule has 0 radical (unpaired) electrons. The molecule has 1 unspecified atom stereocenters. The molecule has 1 atom stereocenters. The normalized spacial score (nSPS) is 20.4. The Morgan fingerprint density at radius 2 is 2.20 bits per heavy atom. The summed E-state index contributed by atoms with van der Waals surface area (Å²) in [6.07, 6.45) is 4.86. The number of rotatable bonds is 7.